The largest absolute Gasteiger partial charge is 0.673 e. The minimum absolute atomic E-state index is 0.679. The SMILES string of the molecule is F[B-](F)(F)F.N=Nc1ccc(Br)cc1. The van der Waals surface area contributed by atoms with Crippen LogP contribution in [0.15, 0.2) is 33.9 Å². The van der Waals surface area contributed by atoms with Crippen LogP contribution >= 0.6 is 15.9 Å². The van der Waals surface area contributed by atoms with Crippen LogP contribution in [0.1, 0.15) is 0 Å². The molecule has 1 N–H and O–H groups in total. The van der Waals surface area contributed by atoms with Gasteiger partial charge in [0.2, 0.25) is 0 Å². The maximum Gasteiger partial charge on any atom is 0.673 e. The summed E-state index contributed by atoms with van der Waals surface area (Å²) in [6, 6.07) is 7.26. The molecule has 1 aromatic rings. The summed E-state index contributed by atoms with van der Waals surface area (Å²) in [6.45, 7) is 0. The van der Waals surface area contributed by atoms with Gasteiger partial charge in [-0.15, -0.1) is 0 Å². The van der Waals surface area contributed by atoms with Gasteiger partial charge in [0, 0.05) is 4.47 Å². The molecule has 0 spiro atoms. The average Bonchev–Trinajstić information content (AvgIpc) is 2.03. The van der Waals surface area contributed by atoms with Crippen LogP contribution in [-0.4, -0.2) is 7.25 Å². The summed E-state index contributed by atoms with van der Waals surface area (Å²) in [6.07, 6.45) is 0. The van der Waals surface area contributed by atoms with Gasteiger partial charge in [0.1, 0.15) is 0 Å². The Hall–Kier alpha value is -0.915. The highest BCUT2D eigenvalue weighted by Crippen LogP contribution is 2.15. The number of rotatable bonds is 1. The van der Waals surface area contributed by atoms with Crippen LogP contribution in [0.5, 0.6) is 0 Å². The summed E-state index contributed by atoms with van der Waals surface area (Å²) >= 11 is 3.27. The Morgan fingerprint density at radius 2 is 1.43 bits per heavy atom. The van der Waals surface area contributed by atoms with E-state index in [0.29, 0.717) is 5.69 Å². The second-order valence-electron chi connectivity index (χ2n) is 2.08. The first kappa shape index (κ1) is 13.1. The van der Waals surface area contributed by atoms with Crippen molar-refractivity contribution in [3.8, 4) is 0 Å². The van der Waals surface area contributed by atoms with Crippen molar-refractivity contribution in [2.75, 3.05) is 0 Å². The molecule has 0 heterocycles. The van der Waals surface area contributed by atoms with Gasteiger partial charge >= 0.3 is 7.25 Å². The zero-order chi connectivity index (χ0) is 11.2. The number of benzene rings is 1. The fourth-order valence-corrected chi connectivity index (χ4v) is 0.780. The maximum absolute atomic E-state index is 9.75. The van der Waals surface area contributed by atoms with Crippen LogP contribution in [-0.2, 0) is 0 Å². The van der Waals surface area contributed by atoms with Gasteiger partial charge in [-0.05, 0) is 24.3 Å². The summed E-state index contributed by atoms with van der Waals surface area (Å²) in [5, 5.41) is 3.24. The standard InChI is InChI=1S/C6H5BrN2.BF4/c7-5-1-3-6(9-8)4-2-5;2-1(3,4)5/h1-4,8H;/q;-1. The molecule has 0 saturated heterocycles. The van der Waals surface area contributed by atoms with E-state index in [4.69, 9.17) is 5.53 Å². The van der Waals surface area contributed by atoms with Crippen molar-refractivity contribution >= 4 is 28.9 Å². The predicted molar refractivity (Wildman–Crippen MR) is 49.1 cm³/mol. The molecule has 0 aromatic heterocycles. The lowest BCUT2D eigenvalue weighted by Gasteiger charge is -1.94. The van der Waals surface area contributed by atoms with Gasteiger partial charge in [-0.3, -0.25) is 0 Å². The fourth-order valence-electron chi connectivity index (χ4n) is 0.516. The van der Waals surface area contributed by atoms with Gasteiger partial charge in [0.25, 0.3) is 0 Å². The first-order chi connectivity index (χ1) is 6.33. The van der Waals surface area contributed by atoms with Gasteiger partial charge in [-0.25, -0.2) is 5.53 Å². The quantitative estimate of drug-likeness (QED) is 0.446. The van der Waals surface area contributed by atoms with Gasteiger partial charge in [0.05, 0.1) is 5.69 Å². The first-order valence-corrected chi connectivity index (χ1v) is 4.12. The Bertz CT molecular complexity index is 281. The lowest BCUT2D eigenvalue weighted by atomic mass is 10.3. The number of hydrogen-bond acceptors (Lipinski definition) is 2. The van der Waals surface area contributed by atoms with Gasteiger partial charge < -0.3 is 17.3 Å². The van der Waals surface area contributed by atoms with Gasteiger partial charge in [0.15, 0.2) is 0 Å². The van der Waals surface area contributed by atoms with Crippen LogP contribution < -0.4 is 0 Å². The maximum atomic E-state index is 9.75. The molecular formula is C6H5BBrF4N2-. The number of nitrogens with zero attached hydrogens (tertiary/aromatic N) is 1. The monoisotopic (exact) mass is 271 g/mol. The molecule has 14 heavy (non-hydrogen) atoms. The molecule has 0 aliphatic heterocycles. The van der Waals surface area contributed by atoms with Crippen LogP contribution in [0.4, 0.5) is 23.0 Å². The Morgan fingerprint density at radius 3 is 1.71 bits per heavy atom. The summed E-state index contributed by atoms with van der Waals surface area (Å²) in [5.41, 5.74) is 7.30. The number of halogens is 5. The minimum atomic E-state index is -6.00. The molecule has 2 nitrogen and oxygen atoms in total. The molecule has 0 amide bonds. The van der Waals surface area contributed by atoms with Gasteiger partial charge in [-0.1, -0.05) is 15.9 Å². The van der Waals surface area contributed by atoms with Gasteiger partial charge in [-0.2, -0.15) is 5.11 Å². The second kappa shape index (κ2) is 5.74. The summed E-state index contributed by atoms with van der Waals surface area (Å²) in [7, 11) is -6.00. The van der Waals surface area contributed by atoms with E-state index in [1.54, 1.807) is 12.1 Å². The van der Waals surface area contributed by atoms with Crippen molar-refractivity contribution in [3.05, 3.63) is 28.7 Å². The van der Waals surface area contributed by atoms with E-state index in [1.165, 1.54) is 0 Å². The molecule has 1 aromatic carbocycles. The average molecular weight is 272 g/mol. The third-order valence-corrected chi connectivity index (χ3v) is 1.48. The van der Waals surface area contributed by atoms with E-state index in [0.717, 1.165) is 4.47 Å². The summed E-state index contributed by atoms with van der Waals surface area (Å²) < 4.78 is 40.0. The molecule has 1 rings (SSSR count). The molecule has 0 unspecified atom stereocenters. The summed E-state index contributed by atoms with van der Waals surface area (Å²) in [5.74, 6) is 0. The third-order valence-electron chi connectivity index (χ3n) is 0.956. The number of hydrogen-bond donors (Lipinski definition) is 1. The normalized spacial score (nSPS) is 10.1. The molecule has 0 fully saturated rings. The third kappa shape index (κ3) is 9.18. The molecule has 0 aliphatic carbocycles. The molecule has 0 atom stereocenters. The van der Waals surface area contributed by atoms with Crippen LogP contribution in [0.2, 0.25) is 0 Å². The number of nitrogens with one attached hydrogen (secondary N) is 1. The summed E-state index contributed by atoms with van der Waals surface area (Å²) in [4.78, 5) is 0. The molecule has 0 radical (unpaired) electrons. The highest BCUT2D eigenvalue weighted by molar-refractivity contribution is 9.10. The highest BCUT2D eigenvalue weighted by Gasteiger charge is 2.20. The highest BCUT2D eigenvalue weighted by atomic mass is 79.9. The van der Waals surface area contributed by atoms with Crippen molar-refractivity contribution in [2.45, 2.75) is 0 Å². The van der Waals surface area contributed by atoms with Crippen molar-refractivity contribution in [1.82, 2.24) is 0 Å². The van der Waals surface area contributed by atoms with Crippen molar-refractivity contribution < 1.29 is 17.3 Å². The van der Waals surface area contributed by atoms with Crippen molar-refractivity contribution in [3.63, 3.8) is 0 Å². The van der Waals surface area contributed by atoms with Crippen molar-refractivity contribution in [2.24, 2.45) is 5.11 Å². The molecular weight excluding hydrogens is 267 g/mol. The lowest BCUT2D eigenvalue weighted by molar-refractivity contribution is 0.368. The van der Waals surface area contributed by atoms with E-state index in [2.05, 4.69) is 21.0 Å². The van der Waals surface area contributed by atoms with E-state index >= 15 is 0 Å². The van der Waals surface area contributed by atoms with E-state index in [9.17, 15) is 17.3 Å². The topological polar surface area (TPSA) is 36.2 Å². The second-order valence-corrected chi connectivity index (χ2v) is 3.00. The Morgan fingerprint density at radius 1 is 1.07 bits per heavy atom. The zero-order valence-corrected chi connectivity index (χ0v) is 8.31. The first-order valence-electron chi connectivity index (χ1n) is 3.33. The Labute approximate surface area is 86.1 Å². The van der Waals surface area contributed by atoms with E-state index in [1.807, 2.05) is 12.1 Å². The zero-order valence-electron chi connectivity index (χ0n) is 6.72. The molecule has 8 heteroatoms. The van der Waals surface area contributed by atoms with Crippen molar-refractivity contribution in [1.29, 1.82) is 5.53 Å². The molecule has 0 saturated carbocycles. The molecule has 0 bridgehead atoms. The predicted octanol–water partition coefficient (Wildman–Crippen LogP) is 4.41. The fraction of sp³-hybridized carbons (Fsp3) is 0. The molecule has 78 valence electrons. The minimum Gasteiger partial charge on any atom is -0.418 e. The Balaban J connectivity index is 0.000000292. The van der Waals surface area contributed by atoms with Crippen LogP contribution in [0.25, 0.3) is 0 Å². The smallest absolute Gasteiger partial charge is 0.418 e. The Kier molecular flexibility index (Phi) is 5.36. The lowest BCUT2D eigenvalue weighted by Crippen LogP contribution is -2.02. The van der Waals surface area contributed by atoms with E-state index < -0.39 is 7.25 Å². The molecule has 0 aliphatic rings. The van der Waals surface area contributed by atoms with E-state index in [-0.39, 0.29) is 0 Å². The van der Waals surface area contributed by atoms with Crippen LogP contribution in [0.3, 0.4) is 0 Å². The van der Waals surface area contributed by atoms with Crippen LogP contribution in [0, 0.1) is 5.53 Å².